The number of likely N-dealkylation sites (tertiary alicyclic amines) is 1. The van der Waals surface area contributed by atoms with E-state index in [9.17, 15) is 35.9 Å². The molecule has 2 aliphatic heterocycles. The van der Waals surface area contributed by atoms with Gasteiger partial charge in [0.2, 0.25) is 5.91 Å². The maximum absolute atomic E-state index is 13.7. The summed E-state index contributed by atoms with van der Waals surface area (Å²) in [7, 11) is 0. The van der Waals surface area contributed by atoms with Crippen molar-refractivity contribution in [3.05, 3.63) is 65.5 Å². The number of anilines is 1. The molecular weight excluding hydrogens is 534 g/mol. The molecule has 1 spiro atoms. The number of halogens is 6. The molecule has 2 fully saturated rings. The molecule has 0 aromatic heterocycles. The lowest BCUT2D eigenvalue weighted by Gasteiger charge is -2.43. The molecule has 39 heavy (non-hydrogen) atoms. The van der Waals surface area contributed by atoms with Crippen LogP contribution < -0.4 is 15.5 Å². The van der Waals surface area contributed by atoms with Crippen molar-refractivity contribution in [2.75, 3.05) is 31.2 Å². The van der Waals surface area contributed by atoms with Gasteiger partial charge in [0, 0.05) is 36.9 Å². The Morgan fingerprint density at radius 1 is 1.08 bits per heavy atom. The number of amides is 2. The maximum Gasteiger partial charge on any atom is 0.490 e. The fourth-order valence-corrected chi connectivity index (χ4v) is 4.55. The number of nitrogens with zero attached hydrogens (tertiary/aromatic N) is 2. The first-order chi connectivity index (χ1) is 18.2. The summed E-state index contributed by atoms with van der Waals surface area (Å²) in [5.41, 5.74) is 0.00765. The molecule has 0 aliphatic carbocycles. The number of carboxylic acids is 1. The second-order valence-electron chi connectivity index (χ2n) is 9.21. The number of carbonyl (C=O) groups excluding carboxylic acids is 2. The summed E-state index contributed by atoms with van der Waals surface area (Å²) >= 11 is 0. The first-order valence-corrected chi connectivity index (χ1v) is 11.8. The van der Waals surface area contributed by atoms with E-state index in [2.05, 4.69) is 15.5 Å². The average Bonchev–Trinajstić information content (AvgIpc) is 3.17. The topological polar surface area (TPSA) is 102 Å². The van der Waals surface area contributed by atoms with Gasteiger partial charge in [-0.1, -0.05) is 6.07 Å². The Hall–Kier alpha value is -3.81. The lowest BCUT2D eigenvalue weighted by Crippen LogP contribution is -2.57. The summed E-state index contributed by atoms with van der Waals surface area (Å²) in [5, 5.41) is 12.8. The van der Waals surface area contributed by atoms with Gasteiger partial charge in [-0.25, -0.2) is 18.0 Å². The van der Waals surface area contributed by atoms with Gasteiger partial charge in [-0.3, -0.25) is 9.59 Å². The highest BCUT2D eigenvalue weighted by Gasteiger charge is 2.50. The van der Waals surface area contributed by atoms with E-state index in [1.807, 2.05) is 11.8 Å². The quantitative estimate of drug-likeness (QED) is 0.486. The van der Waals surface area contributed by atoms with Gasteiger partial charge in [-0.2, -0.15) is 13.2 Å². The summed E-state index contributed by atoms with van der Waals surface area (Å²) in [4.78, 5) is 38.0. The van der Waals surface area contributed by atoms with Gasteiger partial charge in [0.25, 0.3) is 5.91 Å². The van der Waals surface area contributed by atoms with Crippen LogP contribution in [0.25, 0.3) is 0 Å². The summed E-state index contributed by atoms with van der Waals surface area (Å²) in [6, 6.07) is 9.05. The van der Waals surface area contributed by atoms with Crippen LogP contribution in [0.2, 0.25) is 0 Å². The van der Waals surface area contributed by atoms with Crippen molar-refractivity contribution in [2.24, 2.45) is 0 Å². The van der Waals surface area contributed by atoms with Crippen molar-refractivity contribution in [1.82, 2.24) is 15.5 Å². The second kappa shape index (κ2) is 11.9. The number of hydrogen-bond donors (Lipinski definition) is 3. The van der Waals surface area contributed by atoms with E-state index in [-0.39, 0.29) is 23.3 Å². The molecule has 0 radical (unpaired) electrons. The highest BCUT2D eigenvalue weighted by atomic mass is 19.4. The molecule has 2 saturated heterocycles. The second-order valence-corrected chi connectivity index (χ2v) is 9.21. The van der Waals surface area contributed by atoms with Crippen LogP contribution in [-0.2, 0) is 9.59 Å². The van der Waals surface area contributed by atoms with Gasteiger partial charge in [0.05, 0.1) is 6.67 Å². The SMILES string of the molecule is C[C@H](CN1CCC2(CC1)C(=O)NCN2c1cccc(F)c1)NC(=O)c1ccc(F)c(F)c1.O=C(O)C(F)(F)F. The summed E-state index contributed by atoms with van der Waals surface area (Å²) < 4.78 is 71.9. The molecule has 2 aromatic rings. The zero-order valence-corrected chi connectivity index (χ0v) is 20.7. The van der Waals surface area contributed by atoms with E-state index in [1.54, 1.807) is 12.1 Å². The summed E-state index contributed by atoms with van der Waals surface area (Å²) in [6.45, 7) is 3.98. The zero-order chi connectivity index (χ0) is 29.0. The Morgan fingerprint density at radius 3 is 2.28 bits per heavy atom. The predicted octanol–water partition coefficient (Wildman–Crippen LogP) is 3.28. The normalized spacial score (nSPS) is 17.7. The molecule has 14 heteroatoms. The third-order valence-corrected chi connectivity index (χ3v) is 6.47. The minimum Gasteiger partial charge on any atom is -0.475 e. The number of alkyl halides is 3. The number of hydrogen-bond acceptors (Lipinski definition) is 5. The monoisotopic (exact) mass is 560 g/mol. The molecule has 3 N–H and O–H groups in total. The lowest BCUT2D eigenvalue weighted by atomic mass is 9.85. The molecule has 0 bridgehead atoms. The third-order valence-electron chi connectivity index (χ3n) is 6.47. The van der Waals surface area contributed by atoms with E-state index < -0.39 is 35.2 Å². The number of benzene rings is 2. The minimum absolute atomic E-state index is 0.0545. The maximum atomic E-state index is 13.7. The van der Waals surface area contributed by atoms with E-state index >= 15 is 0 Å². The molecule has 4 rings (SSSR count). The Balaban J connectivity index is 0.000000532. The van der Waals surface area contributed by atoms with Crippen molar-refractivity contribution < 1.29 is 45.8 Å². The first-order valence-electron chi connectivity index (χ1n) is 11.8. The molecule has 1 atom stereocenters. The van der Waals surface area contributed by atoms with Gasteiger partial charge in [-0.05, 0) is 56.2 Å². The summed E-state index contributed by atoms with van der Waals surface area (Å²) in [5.74, 6) is -5.70. The molecule has 2 aromatic carbocycles. The molecule has 8 nitrogen and oxygen atoms in total. The predicted molar refractivity (Wildman–Crippen MR) is 127 cm³/mol. The van der Waals surface area contributed by atoms with Gasteiger partial charge >= 0.3 is 12.1 Å². The summed E-state index contributed by atoms with van der Waals surface area (Å²) in [6.07, 6.45) is -3.95. The van der Waals surface area contributed by atoms with Gasteiger partial charge < -0.3 is 25.5 Å². The molecule has 212 valence electrons. The first kappa shape index (κ1) is 29.7. The zero-order valence-electron chi connectivity index (χ0n) is 20.7. The van der Waals surface area contributed by atoms with Gasteiger partial charge in [-0.15, -0.1) is 0 Å². The molecular formula is C25H26F6N4O4. The largest absolute Gasteiger partial charge is 0.490 e. The Morgan fingerprint density at radius 2 is 1.72 bits per heavy atom. The molecule has 2 aliphatic rings. The van der Waals surface area contributed by atoms with E-state index in [0.717, 1.165) is 12.1 Å². The fraction of sp³-hybridized carbons (Fsp3) is 0.400. The lowest BCUT2D eigenvalue weighted by molar-refractivity contribution is -0.192. The Bertz CT molecular complexity index is 1220. The average molecular weight is 560 g/mol. The van der Waals surface area contributed by atoms with Crippen LogP contribution in [0.1, 0.15) is 30.1 Å². The van der Waals surface area contributed by atoms with Crippen LogP contribution >= 0.6 is 0 Å². The van der Waals surface area contributed by atoms with Gasteiger partial charge in [0.1, 0.15) is 11.4 Å². The minimum atomic E-state index is -5.08. The van der Waals surface area contributed by atoms with Crippen molar-refractivity contribution in [1.29, 1.82) is 0 Å². The van der Waals surface area contributed by atoms with E-state index in [1.165, 1.54) is 18.2 Å². The van der Waals surface area contributed by atoms with E-state index in [0.29, 0.717) is 44.8 Å². The standard InChI is InChI=1S/C23H25F3N4O2.C2HF3O2/c1-15(28-21(31)16-5-6-19(25)20(26)11-16)13-29-9-7-23(8-10-29)22(32)27-14-30(23)18-4-2-3-17(24)12-18;3-2(4,5)1(6)7/h2-6,11-12,15H,7-10,13-14H2,1H3,(H,27,32)(H,28,31);(H,6,7)/t15-;/m1./s1. The number of carbonyl (C=O) groups is 3. The number of rotatable bonds is 5. The number of nitrogens with one attached hydrogen (secondary N) is 2. The van der Waals surface area contributed by atoms with Crippen molar-refractivity contribution in [3.8, 4) is 0 Å². The third kappa shape index (κ3) is 7.19. The molecule has 2 amide bonds. The van der Waals surface area contributed by atoms with Crippen LogP contribution in [0.3, 0.4) is 0 Å². The van der Waals surface area contributed by atoms with Gasteiger partial charge in [0.15, 0.2) is 11.6 Å². The highest BCUT2D eigenvalue weighted by molar-refractivity contribution is 5.94. The van der Waals surface area contributed by atoms with Crippen molar-refractivity contribution in [2.45, 2.75) is 37.5 Å². The molecule has 2 heterocycles. The highest BCUT2D eigenvalue weighted by Crippen LogP contribution is 2.36. The van der Waals surface area contributed by atoms with Crippen LogP contribution in [0.15, 0.2) is 42.5 Å². The smallest absolute Gasteiger partial charge is 0.475 e. The van der Waals surface area contributed by atoms with Crippen LogP contribution in [0.5, 0.6) is 0 Å². The van der Waals surface area contributed by atoms with Crippen LogP contribution in [0, 0.1) is 17.5 Å². The fourth-order valence-electron chi connectivity index (χ4n) is 4.55. The van der Waals surface area contributed by atoms with Crippen molar-refractivity contribution in [3.63, 3.8) is 0 Å². The van der Waals surface area contributed by atoms with E-state index in [4.69, 9.17) is 9.90 Å². The number of carboxylic acid groups (broad SMARTS) is 1. The van der Waals surface area contributed by atoms with Crippen LogP contribution in [0.4, 0.5) is 32.0 Å². The Kier molecular flexibility index (Phi) is 9.10. The number of piperidine rings is 1. The Labute approximate surface area is 219 Å². The number of aliphatic carboxylic acids is 1. The van der Waals surface area contributed by atoms with Crippen molar-refractivity contribution >= 4 is 23.5 Å². The molecule has 0 saturated carbocycles. The van der Waals surface area contributed by atoms with Crippen LogP contribution in [-0.4, -0.2) is 71.9 Å². The molecule has 0 unspecified atom stereocenters.